The molecule has 1 spiro atoms. The first-order chi connectivity index (χ1) is 12.2. The van der Waals surface area contributed by atoms with Gasteiger partial charge in [0, 0.05) is 0 Å². The van der Waals surface area contributed by atoms with E-state index in [1.807, 2.05) is 18.2 Å². The van der Waals surface area contributed by atoms with Crippen LogP contribution in [0.1, 0.15) is 43.4 Å². The molecule has 6 heteroatoms. The second-order valence-electron chi connectivity index (χ2n) is 7.19. The van der Waals surface area contributed by atoms with E-state index in [2.05, 4.69) is 32.4 Å². The number of nitrogens with zero attached hydrogens (tertiary/aromatic N) is 2. The first-order valence-corrected chi connectivity index (χ1v) is 8.94. The van der Waals surface area contributed by atoms with Gasteiger partial charge in [0.15, 0.2) is 0 Å². The minimum Gasteiger partial charge on any atom is -0.472 e. The third-order valence-corrected chi connectivity index (χ3v) is 5.84. The molecule has 0 saturated heterocycles. The van der Waals surface area contributed by atoms with Crippen LogP contribution in [-0.4, -0.2) is 29.4 Å². The fourth-order valence-corrected chi connectivity index (χ4v) is 4.52. The number of carbonyl (C=O) groups is 1. The molecule has 0 aliphatic heterocycles. The summed E-state index contributed by atoms with van der Waals surface area (Å²) in [5.41, 5.74) is 1.55. The summed E-state index contributed by atoms with van der Waals surface area (Å²) in [5, 5.41) is 10.4. The number of aryl methyl sites for hydroxylation is 1. The Bertz CT molecular complexity index is 752. The fraction of sp³-hybridized carbons (Fsp3) is 0.526. The van der Waals surface area contributed by atoms with Crippen molar-refractivity contribution in [3.05, 3.63) is 41.6 Å². The van der Waals surface area contributed by atoms with Crippen LogP contribution in [0.5, 0.6) is 5.88 Å². The van der Waals surface area contributed by atoms with Crippen LogP contribution in [-0.2, 0) is 10.2 Å². The number of amides is 1. The summed E-state index contributed by atoms with van der Waals surface area (Å²) >= 11 is 0. The summed E-state index contributed by atoms with van der Waals surface area (Å²) in [6.45, 7) is 2.55. The standard InChI is InChI=1S/C19H23N3O3/c1-14-16(22-25-21-14)24-12-11-20-17(23)19(15-7-3-2-4-8-15)13-18(19)9-5-6-10-18/h2-4,7-8H,5-6,9-13H2,1H3,(H,20,23). The van der Waals surface area contributed by atoms with Crippen LogP contribution in [0.25, 0.3) is 0 Å². The summed E-state index contributed by atoms with van der Waals surface area (Å²) < 4.78 is 10.1. The third kappa shape index (κ3) is 2.60. The molecule has 1 heterocycles. The van der Waals surface area contributed by atoms with E-state index in [9.17, 15) is 4.79 Å². The zero-order valence-electron chi connectivity index (χ0n) is 14.5. The molecule has 2 aromatic rings. The number of benzene rings is 1. The zero-order valence-corrected chi connectivity index (χ0v) is 14.5. The highest BCUT2D eigenvalue weighted by molar-refractivity contribution is 5.93. The molecule has 2 aliphatic carbocycles. The molecule has 1 N–H and O–H groups in total. The second-order valence-corrected chi connectivity index (χ2v) is 7.19. The second kappa shape index (κ2) is 6.17. The monoisotopic (exact) mass is 341 g/mol. The SMILES string of the molecule is Cc1nonc1OCCNC(=O)C1(c2ccccc2)CC12CCCC2. The van der Waals surface area contributed by atoms with Crippen LogP contribution in [0, 0.1) is 12.3 Å². The fourth-order valence-electron chi connectivity index (χ4n) is 4.52. The zero-order chi connectivity index (χ0) is 17.3. The van der Waals surface area contributed by atoms with Crippen molar-refractivity contribution in [3.63, 3.8) is 0 Å². The average Bonchev–Trinajstić information content (AvgIpc) is 2.89. The van der Waals surface area contributed by atoms with Crippen molar-refractivity contribution in [2.24, 2.45) is 5.41 Å². The van der Waals surface area contributed by atoms with E-state index in [1.54, 1.807) is 6.92 Å². The maximum atomic E-state index is 13.1. The highest BCUT2D eigenvalue weighted by atomic mass is 16.6. The molecule has 0 bridgehead atoms. The maximum absolute atomic E-state index is 13.1. The minimum atomic E-state index is -0.365. The van der Waals surface area contributed by atoms with Crippen LogP contribution in [0.4, 0.5) is 0 Å². The van der Waals surface area contributed by atoms with Crippen LogP contribution in [0.3, 0.4) is 0 Å². The van der Waals surface area contributed by atoms with Crippen molar-refractivity contribution in [2.45, 2.75) is 44.4 Å². The van der Waals surface area contributed by atoms with Crippen LogP contribution < -0.4 is 10.1 Å². The van der Waals surface area contributed by atoms with E-state index in [0.717, 1.165) is 24.8 Å². The topological polar surface area (TPSA) is 77.2 Å². The van der Waals surface area contributed by atoms with Gasteiger partial charge in [0.05, 0.1) is 12.0 Å². The molecule has 6 nitrogen and oxygen atoms in total. The van der Waals surface area contributed by atoms with E-state index in [0.29, 0.717) is 24.7 Å². The lowest BCUT2D eigenvalue weighted by molar-refractivity contribution is -0.124. The van der Waals surface area contributed by atoms with E-state index in [-0.39, 0.29) is 16.7 Å². The number of nitrogens with one attached hydrogen (secondary N) is 1. The van der Waals surface area contributed by atoms with Crippen molar-refractivity contribution in [1.82, 2.24) is 15.6 Å². The Labute approximate surface area is 146 Å². The Kier molecular flexibility index (Phi) is 3.98. The smallest absolute Gasteiger partial charge is 0.278 e. The molecule has 0 radical (unpaired) electrons. The van der Waals surface area contributed by atoms with E-state index in [4.69, 9.17) is 4.74 Å². The van der Waals surface area contributed by atoms with Gasteiger partial charge in [-0.15, -0.1) is 0 Å². The van der Waals surface area contributed by atoms with Gasteiger partial charge in [0.25, 0.3) is 5.88 Å². The molecule has 2 aliphatic rings. The Morgan fingerprint density at radius 3 is 2.68 bits per heavy atom. The van der Waals surface area contributed by atoms with Crippen LogP contribution in [0.15, 0.2) is 35.0 Å². The van der Waals surface area contributed by atoms with Gasteiger partial charge in [-0.3, -0.25) is 4.79 Å². The van der Waals surface area contributed by atoms with Gasteiger partial charge in [-0.05, 0) is 42.3 Å². The number of aromatic nitrogens is 2. The number of carbonyl (C=O) groups excluding carboxylic acids is 1. The van der Waals surface area contributed by atoms with Gasteiger partial charge in [-0.1, -0.05) is 48.3 Å². The summed E-state index contributed by atoms with van der Waals surface area (Å²) in [6.07, 6.45) is 5.71. The molecular formula is C19H23N3O3. The first-order valence-electron chi connectivity index (χ1n) is 8.94. The highest BCUT2D eigenvalue weighted by Gasteiger charge is 2.72. The summed E-state index contributed by atoms with van der Waals surface area (Å²) in [7, 11) is 0. The Hall–Kier alpha value is -2.37. The van der Waals surface area contributed by atoms with E-state index in [1.165, 1.54) is 12.8 Å². The summed E-state index contributed by atoms with van der Waals surface area (Å²) in [4.78, 5) is 13.1. The minimum absolute atomic E-state index is 0.124. The van der Waals surface area contributed by atoms with Crippen molar-refractivity contribution in [3.8, 4) is 5.88 Å². The quantitative estimate of drug-likeness (QED) is 0.818. The number of ether oxygens (including phenoxy) is 1. The maximum Gasteiger partial charge on any atom is 0.278 e. The molecule has 1 aromatic heterocycles. The largest absolute Gasteiger partial charge is 0.472 e. The first kappa shape index (κ1) is 16.1. The Balaban J connectivity index is 1.42. The van der Waals surface area contributed by atoms with Gasteiger partial charge in [0.1, 0.15) is 12.3 Å². The molecule has 2 fully saturated rings. The molecule has 1 atom stereocenters. The predicted molar refractivity (Wildman–Crippen MR) is 91.2 cm³/mol. The number of rotatable bonds is 6. The lowest BCUT2D eigenvalue weighted by atomic mass is 9.84. The van der Waals surface area contributed by atoms with Crippen LogP contribution >= 0.6 is 0 Å². The summed E-state index contributed by atoms with van der Waals surface area (Å²) in [6, 6.07) is 10.2. The van der Waals surface area contributed by atoms with E-state index >= 15 is 0 Å². The molecule has 4 rings (SSSR count). The van der Waals surface area contributed by atoms with Gasteiger partial charge in [-0.25, -0.2) is 4.63 Å². The van der Waals surface area contributed by atoms with Gasteiger partial charge in [0.2, 0.25) is 5.91 Å². The summed E-state index contributed by atoms with van der Waals surface area (Å²) in [5.74, 6) is 0.505. The molecule has 1 amide bonds. The molecule has 1 aromatic carbocycles. The molecular weight excluding hydrogens is 318 g/mol. The highest BCUT2D eigenvalue weighted by Crippen LogP contribution is 2.72. The molecule has 25 heavy (non-hydrogen) atoms. The van der Waals surface area contributed by atoms with Crippen molar-refractivity contribution in [2.75, 3.05) is 13.2 Å². The van der Waals surface area contributed by atoms with Crippen molar-refractivity contribution >= 4 is 5.91 Å². The Morgan fingerprint density at radius 2 is 2.00 bits per heavy atom. The van der Waals surface area contributed by atoms with Gasteiger partial charge in [-0.2, -0.15) is 0 Å². The normalized spacial score (nSPS) is 23.6. The third-order valence-electron chi connectivity index (χ3n) is 5.84. The molecule has 2 saturated carbocycles. The van der Waals surface area contributed by atoms with Gasteiger partial charge >= 0.3 is 0 Å². The van der Waals surface area contributed by atoms with Gasteiger partial charge < -0.3 is 10.1 Å². The average molecular weight is 341 g/mol. The molecule has 1 unspecified atom stereocenters. The predicted octanol–water partition coefficient (Wildman–Crippen LogP) is 2.78. The number of hydrogen-bond acceptors (Lipinski definition) is 5. The van der Waals surface area contributed by atoms with Crippen molar-refractivity contribution < 1.29 is 14.2 Å². The lowest BCUT2D eigenvalue weighted by Gasteiger charge is -2.22. The van der Waals surface area contributed by atoms with E-state index < -0.39 is 0 Å². The van der Waals surface area contributed by atoms with Crippen LogP contribution in [0.2, 0.25) is 0 Å². The lowest BCUT2D eigenvalue weighted by Crippen LogP contribution is -2.40. The molecule has 132 valence electrons. The number of hydrogen-bond donors (Lipinski definition) is 1. The van der Waals surface area contributed by atoms with Crippen molar-refractivity contribution in [1.29, 1.82) is 0 Å². The Morgan fingerprint density at radius 1 is 1.24 bits per heavy atom.